The maximum Gasteiger partial charge on any atom is 0.417 e. The number of anilines is 1. The Morgan fingerprint density at radius 3 is 2.53 bits per heavy atom. The van der Waals surface area contributed by atoms with Crippen molar-refractivity contribution in [2.24, 2.45) is 11.5 Å². The first-order valence-electron chi connectivity index (χ1n) is 4.67. The van der Waals surface area contributed by atoms with E-state index in [-0.39, 0.29) is 18.1 Å². The Morgan fingerprint density at radius 1 is 1.47 bits per heavy atom. The van der Waals surface area contributed by atoms with E-state index >= 15 is 0 Å². The zero-order valence-corrected chi connectivity index (χ0v) is 8.75. The lowest BCUT2D eigenvalue weighted by Gasteiger charge is -2.14. The van der Waals surface area contributed by atoms with Crippen LogP contribution in [-0.4, -0.2) is 17.0 Å². The third-order valence-corrected chi connectivity index (χ3v) is 1.86. The number of alkyl halides is 3. The van der Waals surface area contributed by atoms with Crippen LogP contribution < -0.4 is 16.8 Å². The van der Waals surface area contributed by atoms with Gasteiger partial charge in [0, 0.05) is 12.6 Å². The highest BCUT2D eigenvalue weighted by atomic mass is 19.4. The van der Waals surface area contributed by atoms with Gasteiger partial charge in [0.25, 0.3) is 0 Å². The largest absolute Gasteiger partial charge is 0.417 e. The molecule has 0 spiro atoms. The van der Waals surface area contributed by atoms with Gasteiger partial charge >= 0.3 is 6.18 Å². The molecule has 1 aromatic heterocycles. The minimum atomic E-state index is -4.41. The number of halogens is 3. The van der Waals surface area contributed by atoms with Crippen molar-refractivity contribution in [3.63, 3.8) is 0 Å². The van der Waals surface area contributed by atoms with E-state index in [1.807, 2.05) is 0 Å². The number of rotatable bonds is 4. The Bertz CT molecular complexity index is 387. The number of pyridine rings is 1. The minimum absolute atomic E-state index is 0.0860. The van der Waals surface area contributed by atoms with Crippen molar-refractivity contribution in [1.29, 1.82) is 5.41 Å². The molecule has 1 atom stereocenters. The van der Waals surface area contributed by atoms with Crippen LogP contribution >= 0.6 is 0 Å². The fraction of sp³-hybridized carbons (Fsp3) is 0.333. The highest BCUT2D eigenvalue weighted by Gasteiger charge is 2.30. The highest BCUT2D eigenvalue weighted by molar-refractivity contribution is 5.77. The lowest BCUT2D eigenvalue weighted by molar-refractivity contribution is -0.137. The second kappa shape index (κ2) is 5.00. The first-order chi connectivity index (χ1) is 7.79. The van der Waals surface area contributed by atoms with Gasteiger partial charge in [-0.2, -0.15) is 13.2 Å². The normalized spacial score (nSPS) is 13.2. The molecular weight excluding hydrogens is 235 g/mol. The van der Waals surface area contributed by atoms with Crippen LogP contribution in [-0.2, 0) is 6.18 Å². The molecule has 8 heteroatoms. The Morgan fingerprint density at radius 2 is 2.12 bits per heavy atom. The van der Waals surface area contributed by atoms with Gasteiger partial charge in [-0.15, -0.1) is 0 Å². The van der Waals surface area contributed by atoms with Gasteiger partial charge in [-0.3, -0.25) is 5.41 Å². The molecule has 0 fully saturated rings. The molecule has 1 rings (SSSR count). The van der Waals surface area contributed by atoms with E-state index in [2.05, 4.69) is 10.3 Å². The van der Waals surface area contributed by atoms with Gasteiger partial charge in [0.2, 0.25) is 0 Å². The fourth-order valence-electron chi connectivity index (χ4n) is 1.12. The average molecular weight is 247 g/mol. The average Bonchev–Trinajstić information content (AvgIpc) is 2.15. The Labute approximate surface area is 95.5 Å². The van der Waals surface area contributed by atoms with Crippen LogP contribution in [0.3, 0.4) is 0 Å². The van der Waals surface area contributed by atoms with Crippen molar-refractivity contribution >= 4 is 11.7 Å². The molecule has 0 aliphatic rings. The summed E-state index contributed by atoms with van der Waals surface area (Å²) in [5.41, 5.74) is 9.83. The van der Waals surface area contributed by atoms with Crippen molar-refractivity contribution in [2.45, 2.75) is 18.8 Å². The molecule has 0 aliphatic heterocycles. The maximum atomic E-state index is 12.2. The van der Waals surface area contributed by atoms with Gasteiger partial charge in [-0.25, -0.2) is 4.98 Å². The van der Waals surface area contributed by atoms with Crippen LogP contribution in [0, 0.1) is 5.41 Å². The molecule has 0 aliphatic carbocycles. The van der Waals surface area contributed by atoms with Crippen LogP contribution in [0.4, 0.5) is 19.0 Å². The van der Waals surface area contributed by atoms with Crippen molar-refractivity contribution in [3.05, 3.63) is 23.9 Å². The van der Waals surface area contributed by atoms with Crippen molar-refractivity contribution < 1.29 is 13.2 Å². The SMILES string of the molecule is N=C(N)CC(N)Nc1ccc(C(F)(F)F)cn1. The van der Waals surface area contributed by atoms with Gasteiger partial charge in [0.1, 0.15) is 5.82 Å². The molecular formula is C9H12F3N5. The van der Waals surface area contributed by atoms with Gasteiger partial charge in [0.05, 0.1) is 17.6 Å². The van der Waals surface area contributed by atoms with Crippen LogP contribution in [0.5, 0.6) is 0 Å². The monoisotopic (exact) mass is 247 g/mol. The third kappa shape index (κ3) is 4.27. The smallest absolute Gasteiger partial charge is 0.388 e. The molecule has 6 N–H and O–H groups in total. The van der Waals surface area contributed by atoms with Gasteiger partial charge in [-0.1, -0.05) is 0 Å². The third-order valence-electron chi connectivity index (χ3n) is 1.86. The molecule has 94 valence electrons. The van der Waals surface area contributed by atoms with E-state index in [4.69, 9.17) is 16.9 Å². The molecule has 17 heavy (non-hydrogen) atoms. The molecule has 1 unspecified atom stereocenters. The van der Waals surface area contributed by atoms with E-state index < -0.39 is 17.9 Å². The summed E-state index contributed by atoms with van der Waals surface area (Å²) in [4.78, 5) is 3.57. The van der Waals surface area contributed by atoms with Gasteiger partial charge in [-0.05, 0) is 12.1 Å². The second-order valence-corrected chi connectivity index (χ2v) is 3.41. The predicted octanol–water partition coefficient (Wildman–Crippen LogP) is 1.12. The summed E-state index contributed by atoms with van der Waals surface area (Å²) >= 11 is 0. The number of amidine groups is 1. The van der Waals surface area contributed by atoms with Crippen molar-refractivity contribution in [3.8, 4) is 0 Å². The number of hydrogen-bond donors (Lipinski definition) is 4. The number of nitrogens with two attached hydrogens (primary N) is 2. The van der Waals surface area contributed by atoms with E-state index in [9.17, 15) is 13.2 Å². The number of nitrogens with one attached hydrogen (secondary N) is 2. The summed E-state index contributed by atoms with van der Waals surface area (Å²) in [5, 5.41) is 9.63. The molecule has 0 aromatic carbocycles. The molecule has 0 saturated carbocycles. The Hall–Kier alpha value is -1.83. The van der Waals surface area contributed by atoms with Crippen LogP contribution in [0.25, 0.3) is 0 Å². The molecule has 0 amide bonds. The fourth-order valence-corrected chi connectivity index (χ4v) is 1.12. The van der Waals surface area contributed by atoms with Crippen LogP contribution in [0.15, 0.2) is 18.3 Å². The Balaban J connectivity index is 2.66. The number of nitrogens with zero attached hydrogens (tertiary/aromatic N) is 1. The summed E-state index contributed by atoms with van der Waals surface area (Å²) < 4.78 is 36.7. The zero-order chi connectivity index (χ0) is 13.1. The van der Waals surface area contributed by atoms with E-state index in [0.29, 0.717) is 6.20 Å². The Kier molecular flexibility index (Phi) is 3.89. The minimum Gasteiger partial charge on any atom is -0.388 e. The topological polar surface area (TPSA) is 101 Å². The molecule has 0 radical (unpaired) electrons. The molecule has 5 nitrogen and oxygen atoms in total. The highest BCUT2D eigenvalue weighted by Crippen LogP contribution is 2.28. The first kappa shape index (κ1) is 13.2. The van der Waals surface area contributed by atoms with Gasteiger partial charge in [0.15, 0.2) is 0 Å². The second-order valence-electron chi connectivity index (χ2n) is 3.41. The quantitative estimate of drug-likeness (QED) is 0.364. The van der Waals surface area contributed by atoms with Crippen LogP contribution in [0.1, 0.15) is 12.0 Å². The van der Waals surface area contributed by atoms with Crippen molar-refractivity contribution in [1.82, 2.24) is 4.98 Å². The zero-order valence-electron chi connectivity index (χ0n) is 8.75. The van der Waals surface area contributed by atoms with Crippen molar-refractivity contribution in [2.75, 3.05) is 5.32 Å². The molecule has 1 aromatic rings. The lowest BCUT2D eigenvalue weighted by Crippen LogP contribution is -2.34. The number of aromatic nitrogens is 1. The molecule has 0 bridgehead atoms. The number of hydrogen-bond acceptors (Lipinski definition) is 4. The molecule has 0 saturated heterocycles. The summed E-state index contributed by atoms with van der Waals surface area (Å²) in [5.74, 6) is 0.0867. The van der Waals surface area contributed by atoms with Crippen LogP contribution in [0.2, 0.25) is 0 Å². The van der Waals surface area contributed by atoms with E-state index in [1.165, 1.54) is 6.07 Å². The summed E-state index contributed by atoms with van der Waals surface area (Å²) in [7, 11) is 0. The predicted molar refractivity (Wildman–Crippen MR) is 57.4 cm³/mol. The van der Waals surface area contributed by atoms with E-state index in [0.717, 1.165) is 6.07 Å². The van der Waals surface area contributed by atoms with Gasteiger partial charge < -0.3 is 16.8 Å². The van der Waals surface area contributed by atoms with E-state index in [1.54, 1.807) is 0 Å². The first-order valence-corrected chi connectivity index (χ1v) is 4.67. The lowest BCUT2D eigenvalue weighted by atomic mass is 10.2. The standard InChI is InChI=1S/C9H12F3N5/c10-9(11,12)5-1-2-8(16-4-5)17-7(15)3-6(13)14/h1-2,4,7H,3,15H2,(H3,13,14)(H,16,17). The molecule has 1 heterocycles. The maximum absolute atomic E-state index is 12.2. The summed E-state index contributed by atoms with van der Waals surface area (Å²) in [6.45, 7) is 0. The summed E-state index contributed by atoms with van der Waals surface area (Å²) in [6.07, 6.45) is -4.27. The summed E-state index contributed by atoms with van der Waals surface area (Å²) in [6, 6.07) is 2.07.